The summed E-state index contributed by atoms with van der Waals surface area (Å²) in [6.07, 6.45) is 7.33. The smallest absolute Gasteiger partial charge is 0.254 e. The molecule has 6 nitrogen and oxygen atoms in total. The number of carbonyl (C=O) groups is 2. The van der Waals surface area contributed by atoms with Crippen molar-refractivity contribution in [3.63, 3.8) is 0 Å². The fraction of sp³-hybridized carbons (Fsp3) is 0.435. The first-order valence-electron chi connectivity index (χ1n) is 10.3. The maximum atomic E-state index is 12.9. The van der Waals surface area contributed by atoms with Gasteiger partial charge in [0.05, 0.1) is 7.11 Å². The predicted octanol–water partition coefficient (Wildman–Crippen LogP) is 4.03. The first-order chi connectivity index (χ1) is 14.1. The van der Waals surface area contributed by atoms with E-state index in [1.165, 1.54) is 13.5 Å². The van der Waals surface area contributed by atoms with E-state index in [9.17, 15) is 9.59 Å². The van der Waals surface area contributed by atoms with Crippen molar-refractivity contribution in [2.45, 2.75) is 45.1 Å². The summed E-state index contributed by atoms with van der Waals surface area (Å²) in [5.74, 6) is 0.436. The van der Waals surface area contributed by atoms with Gasteiger partial charge in [0, 0.05) is 31.3 Å². The molecule has 6 heteroatoms. The molecule has 1 N–H and O–H groups in total. The maximum Gasteiger partial charge on any atom is 0.254 e. The Labute approximate surface area is 171 Å². The van der Waals surface area contributed by atoms with Crippen LogP contribution in [0.15, 0.2) is 42.6 Å². The van der Waals surface area contributed by atoms with Crippen molar-refractivity contribution < 1.29 is 14.3 Å². The molecule has 1 aromatic heterocycles. The monoisotopic (exact) mass is 393 g/mol. The predicted molar refractivity (Wildman–Crippen MR) is 111 cm³/mol. The van der Waals surface area contributed by atoms with E-state index in [4.69, 9.17) is 4.74 Å². The standard InChI is InChI=1S/C23H27N3O3/c1-29-21-19(10-7-13-24-21)25-20(27)14-23(11-5-2-6-12-23)16-26-15-17-8-3-4-9-18(17)22(26)28/h3-4,7-10,13H,2,5-6,11-12,14-16H2,1H3,(H,25,27). The summed E-state index contributed by atoms with van der Waals surface area (Å²) >= 11 is 0. The van der Waals surface area contributed by atoms with Crippen LogP contribution in [-0.2, 0) is 11.3 Å². The van der Waals surface area contributed by atoms with Crippen molar-refractivity contribution in [3.05, 3.63) is 53.7 Å². The number of pyridine rings is 1. The van der Waals surface area contributed by atoms with Crippen molar-refractivity contribution in [1.82, 2.24) is 9.88 Å². The number of nitrogens with one attached hydrogen (secondary N) is 1. The highest BCUT2D eigenvalue weighted by molar-refractivity contribution is 5.98. The molecule has 0 spiro atoms. The molecule has 0 atom stereocenters. The maximum absolute atomic E-state index is 12.9. The average Bonchev–Trinajstić information content (AvgIpc) is 3.04. The van der Waals surface area contributed by atoms with Gasteiger partial charge >= 0.3 is 0 Å². The summed E-state index contributed by atoms with van der Waals surface area (Å²) in [6, 6.07) is 11.4. The third-order valence-corrected chi connectivity index (χ3v) is 6.11. The van der Waals surface area contributed by atoms with Crippen LogP contribution in [0, 0.1) is 5.41 Å². The Bertz CT molecular complexity index is 906. The van der Waals surface area contributed by atoms with Crippen LogP contribution in [-0.4, -0.2) is 35.4 Å². The van der Waals surface area contributed by atoms with Crippen molar-refractivity contribution in [2.75, 3.05) is 19.0 Å². The van der Waals surface area contributed by atoms with Crippen LogP contribution in [0.3, 0.4) is 0 Å². The van der Waals surface area contributed by atoms with Gasteiger partial charge in [-0.15, -0.1) is 0 Å². The zero-order valence-electron chi connectivity index (χ0n) is 16.8. The number of nitrogens with zero attached hydrogens (tertiary/aromatic N) is 2. The number of hydrogen-bond donors (Lipinski definition) is 1. The van der Waals surface area contributed by atoms with Gasteiger partial charge in [0.2, 0.25) is 11.8 Å². The Hall–Kier alpha value is -2.89. The van der Waals surface area contributed by atoms with E-state index in [1.807, 2.05) is 29.2 Å². The first kappa shape index (κ1) is 19.4. The summed E-state index contributed by atoms with van der Waals surface area (Å²) < 4.78 is 5.24. The van der Waals surface area contributed by atoms with Crippen LogP contribution in [0.1, 0.15) is 54.4 Å². The third-order valence-electron chi connectivity index (χ3n) is 6.11. The number of anilines is 1. The Morgan fingerprint density at radius 2 is 1.97 bits per heavy atom. The molecule has 1 aliphatic carbocycles. The lowest BCUT2D eigenvalue weighted by molar-refractivity contribution is -0.119. The number of rotatable bonds is 6. The largest absolute Gasteiger partial charge is 0.480 e. The Kier molecular flexibility index (Phi) is 5.51. The molecule has 2 aliphatic rings. The van der Waals surface area contributed by atoms with Gasteiger partial charge in [-0.2, -0.15) is 0 Å². The number of benzene rings is 1. The number of ether oxygens (including phenoxy) is 1. The van der Waals surface area contributed by atoms with E-state index < -0.39 is 0 Å². The van der Waals surface area contributed by atoms with Crippen molar-refractivity contribution in [2.24, 2.45) is 5.41 Å². The molecule has 1 aromatic carbocycles. The number of carbonyl (C=O) groups excluding carboxylic acids is 2. The van der Waals surface area contributed by atoms with E-state index in [-0.39, 0.29) is 17.2 Å². The molecule has 0 saturated heterocycles. The van der Waals surface area contributed by atoms with Gasteiger partial charge in [0.15, 0.2) is 0 Å². The zero-order valence-corrected chi connectivity index (χ0v) is 16.8. The second kappa shape index (κ2) is 8.23. The lowest BCUT2D eigenvalue weighted by Gasteiger charge is -2.39. The van der Waals surface area contributed by atoms with Crippen LogP contribution in [0.2, 0.25) is 0 Å². The van der Waals surface area contributed by atoms with Gasteiger partial charge < -0.3 is 15.0 Å². The number of methoxy groups -OCH3 is 1. The minimum atomic E-state index is -0.185. The molecule has 4 rings (SSSR count). The molecule has 29 heavy (non-hydrogen) atoms. The summed E-state index contributed by atoms with van der Waals surface area (Å²) in [7, 11) is 1.54. The molecule has 1 fully saturated rings. The number of fused-ring (bicyclic) bond motifs is 1. The van der Waals surface area contributed by atoms with Crippen LogP contribution in [0.5, 0.6) is 5.88 Å². The van der Waals surface area contributed by atoms with Crippen LogP contribution < -0.4 is 10.1 Å². The fourth-order valence-electron chi connectivity index (χ4n) is 4.72. The van der Waals surface area contributed by atoms with Crippen LogP contribution in [0.4, 0.5) is 5.69 Å². The minimum absolute atomic E-state index is 0.0534. The quantitative estimate of drug-likeness (QED) is 0.804. The molecule has 2 amide bonds. The summed E-state index contributed by atoms with van der Waals surface area (Å²) in [5, 5.41) is 2.96. The molecular weight excluding hydrogens is 366 g/mol. The van der Waals surface area contributed by atoms with Gasteiger partial charge in [-0.1, -0.05) is 37.5 Å². The lowest BCUT2D eigenvalue weighted by atomic mass is 9.71. The highest BCUT2D eigenvalue weighted by atomic mass is 16.5. The molecular formula is C23H27N3O3. The minimum Gasteiger partial charge on any atom is -0.480 e. The average molecular weight is 393 g/mol. The van der Waals surface area contributed by atoms with Gasteiger partial charge in [0.25, 0.3) is 5.91 Å². The van der Waals surface area contributed by atoms with Crippen molar-refractivity contribution in [3.8, 4) is 5.88 Å². The van der Waals surface area contributed by atoms with E-state index >= 15 is 0 Å². The van der Waals surface area contributed by atoms with E-state index in [2.05, 4.69) is 10.3 Å². The van der Waals surface area contributed by atoms with E-state index in [0.717, 1.165) is 36.8 Å². The summed E-state index contributed by atoms with van der Waals surface area (Å²) in [6.45, 7) is 1.26. The molecule has 2 aromatic rings. The fourth-order valence-corrected chi connectivity index (χ4v) is 4.72. The van der Waals surface area contributed by atoms with Gasteiger partial charge in [0.1, 0.15) is 5.69 Å². The second-order valence-electron chi connectivity index (χ2n) is 8.16. The molecule has 0 radical (unpaired) electrons. The van der Waals surface area contributed by atoms with Crippen molar-refractivity contribution in [1.29, 1.82) is 0 Å². The molecule has 1 saturated carbocycles. The molecule has 0 bridgehead atoms. The number of hydrogen-bond acceptors (Lipinski definition) is 4. The molecule has 1 aliphatic heterocycles. The number of amides is 2. The first-order valence-corrected chi connectivity index (χ1v) is 10.3. The van der Waals surface area contributed by atoms with Gasteiger partial charge in [-0.05, 0) is 42.0 Å². The van der Waals surface area contributed by atoms with Crippen LogP contribution in [0.25, 0.3) is 0 Å². The van der Waals surface area contributed by atoms with Crippen LogP contribution >= 0.6 is 0 Å². The Balaban J connectivity index is 1.49. The van der Waals surface area contributed by atoms with Crippen molar-refractivity contribution >= 4 is 17.5 Å². The normalized spacial score (nSPS) is 17.7. The highest BCUT2D eigenvalue weighted by Gasteiger charge is 2.39. The lowest BCUT2D eigenvalue weighted by Crippen LogP contribution is -2.41. The van der Waals surface area contributed by atoms with E-state index in [1.54, 1.807) is 18.3 Å². The Morgan fingerprint density at radius 3 is 2.72 bits per heavy atom. The molecule has 152 valence electrons. The Morgan fingerprint density at radius 1 is 1.17 bits per heavy atom. The molecule has 0 unspecified atom stereocenters. The summed E-state index contributed by atoms with van der Waals surface area (Å²) in [5.41, 5.74) is 2.27. The third kappa shape index (κ3) is 4.11. The molecule has 2 heterocycles. The van der Waals surface area contributed by atoms with Gasteiger partial charge in [-0.3, -0.25) is 9.59 Å². The summed E-state index contributed by atoms with van der Waals surface area (Å²) in [4.78, 5) is 31.9. The SMILES string of the molecule is COc1ncccc1NC(=O)CC1(CN2Cc3ccccc3C2=O)CCCCC1. The topological polar surface area (TPSA) is 71.5 Å². The van der Waals surface area contributed by atoms with Gasteiger partial charge in [-0.25, -0.2) is 4.98 Å². The zero-order chi connectivity index (χ0) is 20.3. The number of aromatic nitrogens is 1. The second-order valence-corrected chi connectivity index (χ2v) is 8.16. The highest BCUT2D eigenvalue weighted by Crippen LogP contribution is 2.42. The van der Waals surface area contributed by atoms with E-state index in [0.29, 0.717) is 31.1 Å².